The van der Waals surface area contributed by atoms with Gasteiger partial charge in [0, 0.05) is 11.6 Å². The van der Waals surface area contributed by atoms with Gasteiger partial charge in [0.25, 0.3) is 0 Å². The average Bonchev–Trinajstić information content (AvgIpc) is 3.11. The summed E-state index contributed by atoms with van der Waals surface area (Å²) in [5.74, 6) is 1.83. The molecule has 0 aliphatic carbocycles. The van der Waals surface area contributed by atoms with Crippen LogP contribution in [0.4, 0.5) is 0 Å². The van der Waals surface area contributed by atoms with E-state index in [-0.39, 0.29) is 12.7 Å². The summed E-state index contributed by atoms with van der Waals surface area (Å²) in [6, 6.07) is 11.0. The highest BCUT2D eigenvalue weighted by Gasteiger charge is 2.33. The molecule has 4 rings (SSSR count). The molecule has 136 valence electrons. The van der Waals surface area contributed by atoms with Crippen LogP contribution >= 0.6 is 11.6 Å². The van der Waals surface area contributed by atoms with E-state index in [4.69, 9.17) is 36.3 Å². The maximum Gasteiger partial charge on any atom is 0.231 e. The first-order chi connectivity index (χ1) is 13.1. The molecule has 27 heavy (non-hydrogen) atoms. The second-order valence-electron chi connectivity index (χ2n) is 5.96. The summed E-state index contributed by atoms with van der Waals surface area (Å²) >= 11 is 6.37. The molecule has 0 spiro atoms. The highest BCUT2D eigenvalue weighted by atomic mass is 35.5. The first-order valence-corrected chi connectivity index (χ1v) is 8.54. The summed E-state index contributed by atoms with van der Waals surface area (Å²) in [5, 5.41) is 10.1. The van der Waals surface area contributed by atoms with E-state index in [1.807, 2.05) is 12.1 Å². The standard InChI is InChI=1S/C20H15ClN2O4/c1-2-5-24-15-4-3-11(6-14(15)21)19-12-7-17-18(26-10-25-17)8-16(12)27-20(23)13(19)9-22/h2-4,6-8,19H,1,5,10,23H2/t19-/m0/s1. The number of benzene rings is 2. The number of nitrogens with two attached hydrogens (primary N) is 1. The van der Waals surface area contributed by atoms with Crippen LogP contribution in [0.15, 0.2) is 54.4 Å². The van der Waals surface area contributed by atoms with Crippen LogP contribution in [0.25, 0.3) is 0 Å². The molecule has 1 atom stereocenters. The summed E-state index contributed by atoms with van der Waals surface area (Å²) in [7, 11) is 0. The predicted molar refractivity (Wildman–Crippen MR) is 99.0 cm³/mol. The van der Waals surface area contributed by atoms with Crippen molar-refractivity contribution in [3.63, 3.8) is 0 Å². The van der Waals surface area contributed by atoms with Crippen LogP contribution in [0.3, 0.4) is 0 Å². The number of ether oxygens (including phenoxy) is 4. The summed E-state index contributed by atoms with van der Waals surface area (Å²) in [4.78, 5) is 0. The monoisotopic (exact) mass is 382 g/mol. The Labute approximate surface area is 161 Å². The van der Waals surface area contributed by atoms with E-state index in [0.717, 1.165) is 11.1 Å². The molecular weight excluding hydrogens is 368 g/mol. The van der Waals surface area contributed by atoms with Gasteiger partial charge in [0.05, 0.1) is 10.9 Å². The smallest absolute Gasteiger partial charge is 0.231 e. The minimum Gasteiger partial charge on any atom is -0.488 e. The topological polar surface area (TPSA) is 86.7 Å². The van der Waals surface area contributed by atoms with Crippen LogP contribution in [0, 0.1) is 11.3 Å². The van der Waals surface area contributed by atoms with Gasteiger partial charge in [-0.05, 0) is 23.8 Å². The first-order valence-electron chi connectivity index (χ1n) is 8.16. The van der Waals surface area contributed by atoms with Crippen LogP contribution < -0.4 is 24.7 Å². The zero-order valence-electron chi connectivity index (χ0n) is 14.2. The molecule has 0 amide bonds. The molecule has 2 aliphatic heterocycles. The lowest BCUT2D eigenvalue weighted by molar-refractivity contribution is 0.174. The Balaban J connectivity index is 1.82. The molecule has 0 aromatic heterocycles. The molecule has 6 nitrogen and oxygen atoms in total. The zero-order valence-corrected chi connectivity index (χ0v) is 15.0. The number of hydrogen-bond donors (Lipinski definition) is 1. The molecule has 7 heteroatoms. The summed E-state index contributed by atoms with van der Waals surface area (Å²) in [6.45, 7) is 4.10. The van der Waals surface area contributed by atoms with Crippen molar-refractivity contribution in [3.8, 4) is 29.1 Å². The third-order valence-corrected chi connectivity index (χ3v) is 4.65. The highest BCUT2D eigenvalue weighted by molar-refractivity contribution is 6.32. The Bertz CT molecular complexity index is 1010. The quantitative estimate of drug-likeness (QED) is 0.808. The molecule has 0 saturated carbocycles. The Morgan fingerprint density at radius 1 is 1.26 bits per heavy atom. The molecule has 0 radical (unpaired) electrons. The van der Waals surface area contributed by atoms with Gasteiger partial charge in [-0.15, -0.1) is 0 Å². The van der Waals surface area contributed by atoms with Crippen molar-refractivity contribution < 1.29 is 18.9 Å². The van der Waals surface area contributed by atoms with Crippen molar-refractivity contribution in [2.24, 2.45) is 5.73 Å². The van der Waals surface area contributed by atoms with Gasteiger partial charge in [0.1, 0.15) is 29.7 Å². The molecular formula is C20H15ClN2O4. The Hall–Kier alpha value is -3.30. The number of allylic oxidation sites excluding steroid dienone is 1. The Morgan fingerprint density at radius 3 is 2.74 bits per heavy atom. The van der Waals surface area contributed by atoms with Gasteiger partial charge >= 0.3 is 0 Å². The third-order valence-electron chi connectivity index (χ3n) is 4.36. The molecule has 0 bridgehead atoms. The van der Waals surface area contributed by atoms with Crippen molar-refractivity contribution in [2.45, 2.75) is 5.92 Å². The molecule has 2 N–H and O–H groups in total. The van der Waals surface area contributed by atoms with E-state index in [1.54, 1.807) is 24.3 Å². The van der Waals surface area contributed by atoms with Gasteiger partial charge in [-0.3, -0.25) is 0 Å². The fourth-order valence-corrected chi connectivity index (χ4v) is 3.40. The van der Waals surface area contributed by atoms with E-state index >= 15 is 0 Å². The molecule has 0 unspecified atom stereocenters. The number of hydrogen-bond acceptors (Lipinski definition) is 6. The van der Waals surface area contributed by atoms with Crippen molar-refractivity contribution >= 4 is 11.6 Å². The largest absolute Gasteiger partial charge is 0.488 e. The van der Waals surface area contributed by atoms with Crippen LogP contribution in [0.1, 0.15) is 17.0 Å². The van der Waals surface area contributed by atoms with Crippen LogP contribution in [0.5, 0.6) is 23.0 Å². The number of nitriles is 1. The highest BCUT2D eigenvalue weighted by Crippen LogP contribution is 2.48. The van der Waals surface area contributed by atoms with Crippen LogP contribution in [0.2, 0.25) is 5.02 Å². The molecule has 2 heterocycles. The lowest BCUT2D eigenvalue weighted by atomic mass is 9.83. The number of nitrogens with zero attached hydrogens (tertiary/aromatic N) is 1. The number of fused-ring (bicyclic) bond motifs is 2. The molecule has 2 aromatic rings. The second kappa shape index (κ2) is 6.78. The van der Waals surface area contributed by atoms with Crippen molar-refractivity contribution in [1.82, 2.24) is 0 Å². The lowest BCUT2D eigenvalue weighted by Crippen LogP contribution is -2.21. The minimum atomic E-state index is -0.445. The third kappa shape index (κ3) is 2.92. The maximum atomic E-state index is 9.66. The van der Waals surface area contributed by atoms with E-state index in [9.17, 15) is 5.26 Å². The van der Waals surface area contributed by atoms with Gasteiger partial charge in [0.15, 0.2) is 11.5 Å². The summed E-state index contributed by atoms with van der Waals surface area (Å²) < 4.78 is 22.0. The first kappa shape index (κ1) is 17.1. The van der Waals surface area contributed by atoms with Gasteiger partial charge in [-0.2, -0.15) is 5.26 Å². The SMILES string of the molecule is C=CCOc1ccc([C@@H]2C(C#N)=C(N)Oc3cc4c(cc32)OCO4)cc1Cl. The fraction of sp³-hybridized carbons (Fsp3) is 0.150. The summed E-state index contributed by atoms with van der Waals surface area (Å²) in [5.41, 5.74) is 7.84. The fourth-order valence-electron chi connectivity index (χ4n) is 3.15. The lowest BCUT2D eigenvalue weighted by Gasteiger charge is -2.27. The molecule has 0 fully saturated rings. The van der Waals surface area contributed by atoms with Crippen molar-refractivity contribution in [3.05, 3.63) is 70.6 Å². The normalized spacial score (nSPS) is 17.0. The van der Waals surface area contributed by atoms with Gasteiger partial charge in [-0.25, -0.2) is 0 Å². The minimum absolute atomic E-state index is 0.0528. The molecule has 2 aliphatic rings. The number of rotatable bonds is 4. The number of halogens is 1. The van der Waals surface area contributed by atoms with Crippen LogP contribution in [-0.2, 0) is 0 Å². The maximum absolute atomic E-state index is 9.66. The van der Waals surface area contributed by atoms with Crippen LogP contribution in [-0.4, -0.2) is 13.4 Å². The van der Waals surface area contributed by atoms with Gasteiger partial charge < -0.3 is 24.7 Å². The Kier molecular flexibility index (Phi) is 4.30. The molecule has 0 saturated heterocycles. The van der Waals surface area contributed by atoms with Crippen molar-refractivity contribution in [2.75, 3.05) is 13.4 Å². The molecule has 2 aromatic carbocycles. The Morgan fingerprint density at radius 2 is 2.04 bits per heavy atom. The van der Waals surface area contributed by atoms with Crippen molar-refractivity contribution in [1.29, 1.82) is 5.26 Å². The second-order valence-corrected chi connectivity index (χ2v) is 6.36. The average molecular weight is 383 g/mol. The van der Waals surface area contributed by atoms with Gasteiger partial charge in [-0.1, -0.05) is 30.3 Å². The zero-order chi connectivity index (χ0) is 19.0. The van der Waals surface area contributed by atoms with E-state index in [1.165, 1.54) is 0 Å². The predicted octanol–water partition coefficient (Wildman–Crippen LogP) is 3.85. The summed E-state index contributed by atoms with van der Waals surface area (Å²) in [6.07, 6.45) is 1.64. The van der Waals surface area contributed by atoms with E-state index < -0.39 is 5.92 Å². The van der Waals surface area contributed by atoms with E-state index in [2.05, 4.69) is 12.6 Å². The van der Waals surface area contributed by atoms with Gasteiger partial charge in [0.2, 0.25) is 12.7 Å². The van der Waals surface area contributed by atoms with E-state index in [0.29, 0.717) is 40.2 Å².